The van der Waals surface area contributed by atoms with Crippen molar-refractivity contribution < 1.29 is 117 Å². The molecule has 3 rings (SSSR count). The smallest absolute Gasteiger partial charge is 0.220 e. The molecule has 32 nitrogen and oxygen atoms in total. The molecule has 3 saturated heterocycles. The number of nitrogens with one attached hydrogen (secondary N) is 8. The lowest BCUT2D eigenvalue weighted by Crippen LogP contribution is -2.55. The normalized spacial score (nSPS) is 25.5. The number of carbonyl (C=O) groups is 8. The van der Waals surface area contributed by atoms with E-state index in [4.69, 9.17) is 33.2 Å². The van der Waals surface area contributed by atoms with Crippen molar-refractivity contribution >= 4 is 47.3 Å². The molecule has 3 fully saturated rings. The van der Waals surface area contributed by atoms with Gasteiger partial charge in [0, 0.05) is 154 Å². The number of hydrogen-bond donors (Lipinski definition) is 17. The summed E-state index contributed by atoms with van der Waals surface area (Å²) in [7, 11) is 1.65. The summed E-state index contributed by atoms with van der Waals surface area (Å²) in [4.78, 5) is 106. The molecular formula is C70H128N8O24. The van der Waals surface area contributed by atoms with Crippen LogP contribution in [-0.4, -0.2) is 272 Å². The summed E-state index contributed by atoms with van der Waals surface area (Å²) in [5.74, 6) is -3.80. The minimum absolute atomic E-state index is 0.0273. The van der Waals surface area contributed by atoms with E-state index in [-0.39, 0.29) is 177 Å². The highest BCUT2D eigenvalue weighted by Crippen LogP contribution is 2.31. The van der Waals surface area contributed by atoms with E-state index in [0.717, 1.165) is 25.7 Å². The van der Waals surface area contributed by atoms with Gasteiger partial charge in [0.25, 0.3) is 0 Å². The molecule has 0 aliphatic carbocycles. The van der Waals surface area contributed by atoms with Gasteiger partial charge in [-0.15, -0.1) is 0 Å². The Kier molecular flexibility index (Phi) is 48.2. The molecule has 3 heterocycles. The second-order valence-electron chi connectivity index (χ2n) is 27.3. The first-order valence-corrected chi connectivity index (χ1v) is 37.4. The van der Waals surface area contributed by atoms with Crippen LogP contribution in [0.2, 0.25) is 0 Å². The molecular weight excluding hydrogens is 1340 g/mol. The Balaban J connectivity index is 1.56. The van der Waals surface area contributed by atoms with Gasteiger partial charge < -0.3 is 122 Å². The molecule has 8 amide bonds. The van der Waals surface area contributed by atoms with Crippen molar-refractivity contribution in [3.05, 3.63) is 0 Å². The summed E-state index contributed by atoms with van der Waals surface area (Å²) in [5, 5.41) is 113. The van der Waals surface area contributed by atoms with Crippen molar-refractivity contribution in [3.8, 4) is 0 Å². The van der Waals surface area contributed by atoms with E-state index >= 15 is 0 Å². The average Bonchev–Trinajstić information content (AvgIpc) is 0.843. The van der Waals surface area contributed by atoms with E-state index in [9.17, 15) is 84.3 Å². The standard InChI is InChI=1S/C70H128N8O24/c1-47-61(90)64(93)50(44-79)100-67(47)97-41-15-7-10-22-53(82)72-34-19-37-75-57(86)27-30-70(78-60(89)26-18-25-56(85)71-33-13-5-6-14-40-96-4,31-28-58(87)76-38-20-35-73-54(83)23-11-8-16-42-98-68-48(2)62(91)65(94)51(45-80)101-68)32-29-59(88)77-39-21-36-74-55(84)24-12-9-17-43-99-69-49(3)63(92)66(95)52(46-81)102-69/h47-52,61-69,79-81,90-95H,5-46H2,1-4H3,(H,71,85)(H,72,82)(H,73,83)(H,74,84)(H,75,86)(H,76,87)(H,77,88)(H,78,89)/t47?,48?,49?,50?,51?,52?,61-,62-,63-,64+,65+,66+,67-,68-,69-,70?/m1/s1. The molecule has 3 aliphatic heterocycles. The van der Waals surface area contributed by atoms with Gasteiger partial charge in [-0.3, -0.25) is 38.4 Å². The van der Waals surface area contributed by atoms with Gasteiger partial charge in [0.2, 0.25) is 47.3 Å². The molecule has 592 valence electrons. The summed E-state index contributed by atoms with van der Waals surface area (Å²) in [6.07, 6.45) is -1.15. The molecule has 3 aliphatic rings. The Hall–Kier alpha value is -4.88. The zero-order chi connectivity index (χ0) is 75.1. The Labute approximate surface area is 602 Å². The number of carbonyl (C=O) groups excluding carboxylic acids is 8. The second kappa shape index (κ2) is 53.8. The molecule has 0 spiro atoms. The van der Waals surface area contributed by atoms with Crippen molar-refractivity contribution in [1.82, 2.24) is 42.5 Å². The molecule has 32 heteroatoms. The third kappa shape index (κ3) is 37.4. The number of aliphatic hydroxyl groups is 9. The number of hydrogen-bond acceptors (Lipinski definition) is 24. The maximum Gasteiger partial charge on any atom is 0.220 e. The Morgan fingerprint density at radius 3 is 0.873 bits per heavy atom. The molecule has 6 unspecified atom stereocenters. The molecule has 0 aromatic carbocycles. The number of ether oxygens (including phenoxy) is 7. The number of rotatable bonds is 57. The molecule has 15 atom stereocenters. The SMILES string of the molecule is COCCCCCCNC(=O)CCCC(=O)NC(CCC(=O)NCCCNC(=O)CCCCCO[C@@H]1OC(CO)[C@H](O)[C@H](O)C1C)(CCC(=O)NCCCNC(=O)CCCCCO[C@@H]1OC(CO)[C@H](O)[C@H](O)C1C)CCC(=O)NCCCNC(=O)CCCCCO[C@@H]1OC(CO)[C@H](O)[C@H](O)C1C. The van der Waals surface area contributed by atoms with Crippen molar-refractivity contribution in [3.63, 3.8) is 0 Å². The van der Waals surface area contributed by atoms with Crippen LogP contribution in [0.5, 0.6) is 0 Å². The van der Waals surface area contributed by atoms with Crippen LogP contribution in [0.3, 0.4) is 0 Å². The topological polar surface area (TPSA) is 479 Å². The number of aliphatic hydroxyl groups excluding tert-OH is 9. The zero-order valence-electron chi connectivity index (χ0n) is 61.0. The van der Waals surface area contributed by atoms with Crippen LogP contribution >= 0.6 is 0 Å². The van der Waals surface area contributed by atoms with E-state index in [1.165, 1.54) is 0 Å². The Morgan fingerprint density at radius 1 is 0.314 bits per heavy atom. The summed E-state index contributed by atoms with van der Waals surface area (Å²) in [6, 6.07) is 0. The monoisotopic (exact) mass is 1460 g/mol. The van der Waals surface area contributed by atoms with Crippen LogP contribution in [0.1, 0.15) is 201 Å². The van der Waals surface area contributed by atoms with Gasteiger partial charge in [-0.25, -0.2) is 0 Å². The van der Waals surface area contributed by atoms with Crippen LogP contribution in [0.25, 0.3) is 0 Å². The van der Waals surface area contributed by atoms with E-state index in [1.54, 1.807) is 27.9 Å². The predicted octanol–water partition coefficient (Wildman–Crippen LogP) is -0.501. The van der Waals surface area contributed by atoms with E-state index in [0.29, 0.717) is 90.2 Å². The number of unbranched alkanes of at least 4 members (excludes halogenated alkanes) is 9. The van der Waals surface area contributed by atoms with Crippen molar-refractivity contribution in [2.75, 3.05) is 99.2 Å². The van der Waals surface area contributed by atoms with E-state index in [2.05, 4.69) is 42.5 Å². The van der Waals surface area contributed by atoms with Gasteiger partial charge in [-0.1, -0.05) is 52.9 Å². The lowest BCUT2D eigenvalue weighted by molar-refractivity contribution is -0.282. The van der Waals surface area contributed by atoms with Gasteiger partial charge in [-0.05, 0) is 96.3 Å². The fourth-order valence-corrected chi connectivity index (χ4v) is 12.1. The van der Waals surface area contributed by atoms with Crippen molar-refractivity contribution in [2.24, 2.45) is 17.8 Å². The number of amides is 8. The molecule has 0 aromatic heterocycles. The van der Waals surface area contributed by atoms with Crippen LogP contribution in [-0.2, 0) is 71.5 Å². The summed E-state index contributed by atoms with van der Waals surface area (Å²) >= 11 is 0. The van der Waals surface area contributed by atoms with Gasteiger partial charge >= 0.3 is 0 Å². The zero-order valence-corrected chi connectivity index (χ0v) is 61.0. The maximum absolute atomic E-state index is 14.0. The fraction of sp³-hybridized carbons (Fsp3) is 0.886. The van der Waals surface area contributed by atoms with Crippen molar-refractivity contribution in [2.45, 2.75) is 280 Å². The van der Waals surface area contributed by atoms with Crippen LogP contribution in [0.4, 0.5) is 0 Å². The Morgan fingerprint density at radius 2 is 0.569 bits per heavy atom. The van der Waals surface area contributed by atoms with E-state index < -0.39 is 123 Å². The average molecular weight is 1470 g/mol. The third-order valence-electron chi connectivity index (χ3n) is 18.8. The van der Waals surface area contributed by atoms with Crippen LogP contribution in [0, 0.1) is 17.8 Å². The van der Waals surface area contributed by atoms with Gasteiger partial charge in [0.15, 0.2) is 18.9 Å². The summed E-state index contributed by atoms with van der Waals surface area (Å²) in [6.45, 7) is 7.15. The minimum Gasteiger partial charge on any atom is -0.394 e. The first-order chi connectivity index (χ1) is 49.0. The second-order valence-corrected chi connectivity index (χ2v) is 27.3. The molecule has 0 saturated carbocycles. The van der Waals surface area contributed by atoms with Crippen LogP contribution in [0.15, 0.2) is 0 Å². The highest BCUT2D eigenvalue weighted by Gasteiger charge is 2.45. The lowest BCUT2D eigenvalue weighted by atomic mass is 9.82. The maximum atomic E-state index is 14.0. The van der Waals surface area contributed by atoms with Gasteiger partial charge in [0.1, 0.15) is 36.6 Å². The molecule has 0 aromatic rings. The Bertz CT molecular complexity index is 2140. The van der Waals surface area contributed by atoms with Crippen LogP contribution < -0.4 is 42.5 Å². The first-order valence-electron chi connectivity index (χ1n) is 37.4. The summed E-state index contributed by atoms with van der Waals surface area (Å²) < 4.78 is 39.2. The first kappa shape index (κ1) is 91.3. The van der Waals surface area contributed by atoms with Gasteiger partial charge in [0.05, 0.1) is 38.1 Å². The molecule has 17 N–H and O–H groups in total. The highest BCUT2D eigenvalue weighted by molar-refractivity contribution is 5.81. The third-order valence-corrected chi connectivity index (χ3v) is 18.8. The molecule has 0 bridgehead atoms. The molecule has 0 radical (unpaired) electrons. The lowest BCUT2D eigenvalue weighted by Gasteiger charge is -2.40. The van der Waals surface area contributed by atoms with Crippen molar-refractivity contribution in [1.29, 1.82) is 0 Å². The van der Waals surface area contributed by atoms with E-state index in [1.807, 2.05) is 0 Å². The quantitative estimate of drug-likeness (QED) is 0.0341. The highest BCUT2D eigenvalue weighted by atomic mass is 16.7. The fourth-order valence-electron chi connectivity index (χ4n) is 12.1. The summed E-state index contributed by atoms with van der Waals surface area (Å²) in [5.41, 5.74) is -1.26. The largest absolute Gasteiger partial charge is 0.394 e. The van der Waals surface area contributed by atoms with Gasteiger partial charge in [-0.2, -0.15) is 0 Å². The predicted molar refractivity (Wildman–Crippen MR) is 372 cm³/mol. The molecule has 102 heavy (non-hydrogen) atoms. The number of methoxy groups -OCH3 is 1. The minimum atomic E-state index is -1.26.